The standard InChI is InChI=1S/C23H28N4O4S/c1-3-26-20-7-4-5-8-21(20)27(23(26)29)17-22(28)24-13-6-14-25(16-15-24)32(30,31)19-11-9-18(2)10-12-19/h4-5,7-12H,3,6,13-17H2,1-2H3. The molecule has 1 aliphatic rings. The van der Waals surface area contributed by atoms with Gasteiger partial charge in [0.25, 0.3) is 0 Å². The summed E-state index contributed by atoms with van der Waals surface area (Å²) in [6.07, 6.45) is 0.544. The number of carbonyl (C=O) groups excluding carboxylic acids is 1. The molecule has 0 spiro atoms. The second kappa shape index (κ2) is 8.91. The van der Waals surface area contributed by atoms with Crippen LogP contribution < -0.4 is 5.69 Å². The predicted molar refractivity (Wildman–Crippen MR) is 123 cm³/mol. The van der Waals surface area contributed by atoms with Crippen LogP contribution in [0.2, 0.25) is 0 Å². The number of hydrogen-bond donors (Lipinski definition) is 0. The van der Waals surface area contributed by atoms with E-state index in [-0.39, 0.29) is 29.6 Å². The Morgan fingerprint density at radius 1 is 0.906 bits per heavy atom. The van der Waals surface area contributed by atoms with Crippen LogP contribution in [-0.2, 0) is 27.9 Å². The van der Waals surface area contributed by atoms with Crippen LogP contribution in [0.1, 0.15) is 18.9 Å². The highest BCUT2D eigenvalue weighted by Crippen LogP contribution is 2.19. The first kappa shape index (κ1) is 22.3. The van der Waals surface area contributed by atoms with Gasteiger partial charge in [0, 0.05) is 32.7 Å². The fraction of sp³-hybridized carbons (Fsp3) is 0.391. The van der Waals surface area contributed by atoms with Gasteiger partial charge < -0.3 is 4.90 Å². The van der Waals surface area contributed by atoms with Crippen molar-refractivity contribution in [2.24, 2.45) is 0 Å². The van der Waals surface area contributed by atoms with Gasteiger partial charge >= 0.3 is 5.69 Å². The molecule has 9 heteroatoms. The maximum absolute atomic E-state index is 13.1. The summed E-state index contributed by atoms with van der Waals surface area (Å²) in [5, 5.41) is 0. The number of nitrogens with zero attached hydrogens (tertiary/aromatic N) is 4. The zero-order valence-corrected chi connectivity index (χ0v) is 19.2. The first-order chi connectivity index (χ1) is 15.3. The van der Waals surface area contributed by atoms with Crippen molar-refractivity contribution in [3.05, 3.63) is 64.6 Å². The van der Waals surface area contributed by atoms with E-state index >= 15 is 0 Å². The quantitative estimate of drug-likeness (QED) is 0.588. The van der Waals surface area contributed by atoms with Gasteiger partial charge in [-0.3, -0.25) is 13.9 Å². The molecule has 3 aromatic rings. The Morgan fingerprint density at radius 2 is 1.56 bits per heavy atom. The topological polar surface area (TPSA) is 84.6 Å². The highest BCUT2D eigenvalue weighted by molar-refractivity contribution is 7.89. The molecule has 0 aliphatic carbocycles. The monoisotopic (exact) mass is 456 g/mol. The number of aryl methyl sites for hydroxylation is 2. The van der Waals surface area contributed by atoms with Gasteiger partial charge in [0.15, 0.2) is 0 Å². The Labute approximate surface area is 187 Å². The van der Waals surface area contributed by atoms with Crippen LogP contribution in [0.5, 0.6) is 0 Å². The number of amides is 1. The number of imidazole rings is 1. The second-order valence-corrected chi connectivity index (χ2v) is 9.99. The lowest BCUT2D eigenvalue weighted by atomic mass is 10.2. The summed E-state index contributed by atoms with van der Waals surface area (Å²) in [7, 11) is -3.61. The minimum Gasteiger partial charge on any atom is -0.340 e. The van der Waals surface area contributed by atoms with E-state index in [1.54, 1.807) is 33.7 Å². The smallest absolute Gasteiger partial charge is 0.329 e. The number of sulfonamides is 1. The van der Waals surface area contributed by atoms with E-state index in [1.165, 1.54) is 8.87 Å². The van der Waals surface area contributed by atoms with Gasteiger partial charge in [-0.1, -0.05) is 29.8 Å². The molecule has 0 saturated carbocycles. The van der Waals surface area contributed by atoms with Crippen molar-refractivity contribution in [2.75, 3.05) is 26.2 Å². The third-order valence-corrected chi connectivity index (χ3v) is 7.91. The molecule has 1 saturated heterocycles. The van der Waals surface area contributed by atoms with Gasteiger partial charge in [0.1, 0.15) is 6.54 Å². The molecule has 1 amide bonds. The largest absolute Gasteiger partial charge is 0.340 e. The molecule has 1 fully saturated rings. The maximum atomic E-state index is 13.1. The van der Waals surface area contributed by atoms with E-state index in [2.05, 4.69) is 0 Å². The molecule has 4 rings (SSSR count). The summed E-state index contributed by atoms with van der Waals surface area (Å²) in [4.78, 5) is 27.8. The molecule has 1 aromatic heterocycles. The predicted octanol–water partition coefficient (Wildman–Crippen LogP) is 2.05. The average Bonchev–Trinajstić information content (AvgIpc) is 2.93. The molecule has 2 heterocycles. The van der Waals surface area contributed by atoms with Gasteiger partial charge in [0.2, 0.25) is 15.9 Å². The molecule has 0 atom stereocenters. The minimum atomic E-state index is -3.61. The minimum absolute atomic E-state index is 0.0585. The molecule has 0 N–H and O–H groups in total. The number of aromatic nitrogens is 2. The summed E-state index contributed by atoms with van der Waals surface area (Å²) < 4.78 is 30.6. The summed E-state index contributed by atoms with van der Waals surface area (Å²) in [5.41, 5.74) is 2.32. The van der Waals surface area contributed by atoms with Gasteiger partial charge in [-0.05, 0) is 44.5 Å². The van der Waals surface area contributed by atoms with E-state index in [9.17, 15) is 18.0 Å². The van der Waals surface area contributed by atoms with E-state index in [0.717, 1.165) is 16.6 Å². The lowest BCUT2D eigenvalue weighted by Gasteiger charge is -2.22. The molecule has 32 heavy (non-hydrogen) atoms. The summed E-state index contributed by atoms with van der Waals surface area (Å²) in [5.74, 6) is -0.180. The number of fused-ring (bicyclic) bond motifs is 1. The van der Waals surface area contributed by atoms with Gasteiger partial charge in [-0.15, -0.1) is 0 Å². The highest BCUT2D eigenvalue weighted by atomic mass is 32.2. The fourth-order valence-corrected chi connectivity index (χ4v) is 5.68. The van der Waals surface area contributed by atoms with Crippen molar-refractivity contribution in [2.45, 2.75) is 38.3 Å². The molecule has 2 aromatic carbocycles. The van der Waals surface area contributed by atoms with Crippen LogP contribution in [0.4, 0.5) is 0 Å². The van der Waals surface area contributed by atoms with Gasteiger partial charge in [-0.2, -0.15) is 4.31 Å². The van der Waals surface area contributed by atoms with E-state index in [1.807, 2.05) is 38.1 Å². The Morgan fingerprint density at radius 3 is 2.22 bits per heavy atom. The summed E-state index contributed by atoms with van der Waals surface area (Å²) >= 11 is 0. The van der Waals surface area contributed by atoms with Crippen LogP contribution in [0.15, 0.2) is 58.2 Å². The first-order valence-corrected chi connectivity index (χ1v) is 12.3. The number of rotatable bonds is 5. The van der Waals surface area contributed by atoms with Crippen molar-refractivity contribution in [1.29, 1.82) is 0 Å². The van der Waals surface area contributed by atoms with Crippen LogP contribution in [0, 0.1) is 6.92 Å². The van der Waals surface area contributed by atoms with Crippen molar-refractivity contribution in [3.8, 4) is 0 Å². The van der Waals surface area contributed by atoms with Gasteiger partial charge in [-0.25, -0.2) is 13.2 Å². The molecule has 0 bridgehead atoms. The third kappa shape index (κ3) is 4.10. The van der Waals surface area contributed by atoms with E-state index in [0.29, 0.717) is 32.6 Å². The molecule has 0 unspecified atom stereocenters. The van der Waals surface area contributed by atoms with Crippen LogP contribution in [-0.4, -0.2) is 58.8 Å². The molecule has 1 aliphatic heterocycles. The number of carbonyl (C=O) groups is 1. The zero-order chi connectivity index (χ0) is 22.9. The van der Waals surface area contributed by atoms with Crippen molar-refractivity contribution in [3.63, 3.8) is 0 Å². The van der Waals surface area contributed by atoms with Crippen LogP contribution >= 0.6 is 0 Å². The molecular weight excluding hydrogens is 428 g/mol. The Bertz CT molecular complexity index is 1290. The number of para-hydroxylation sites is 2. The Balaban J connectivity index is 1.50. The second-order valence-electron chi connectivity index (χ2n) is 8.05. The van der Waals surface area contributed by atoms with Crippen molar-refractivity contribution >= 4 is 27.0 Å². The molecule has 8 nitrogen and oxygen atoms in total. The van der Waals surface area contributed by atoms with E-state index in [4.69, 9.17) is 0 Å². The number of hydrogen-bond acceptors (Lipinski definition) is 4. The Kier molecular flexibility index (Phi) is 6.21. The van der Waals surface area contributed by atoms with Crippen molar-refractivity contribution in [1.82, 2.24) is 18.3 Å². The van der Waals surface area contributed by atoms with E-state index < -0.39 is 10.0 Å². The normalized spacial score (nSPS) is 15.8. The lowest BCUT2D eigenvalue weighted by molar-refractivity contribution is -0.131. The van der Waals surface area contributed by atoms with Gasteiger partial charge in [0.05, 0.1) is 15.9 Å². The molecule has 0 radical (unpaired) electrons. The summed E-state index contributed by atoms with van der Waals surface area (Å²) in [6, 6.07) is 14.2. The molecule has 170 valence electrons. The molecular formula is C23H28N4O4S. The fourth-order valence-electron chi connectivity index (χ4n) is 4.21. The summed E-state index contributed by atoms with van der Waals surface area (Å²) in [6.45, 7) is 5.62. The highest BCUT2D eigenvalue weighted by Gasteiger charge is 2.28. The van der Waals surface area contributed by atoms with Crippen LogP contribution in [0.25, 0.3) is 11.0 Å². The zero-order valence-electron chi connectivity index (χ0n) is 18.4. The average molecular weight is 457 g/mol. The number of benzene rings is 2. The van der Waals surface area contributed by atoms with Crippen molar-refractivity contribution < 1.29 is 13.2 Å². The lowest BCUT2D eigenvalue weighted by Crippen LogP contribution is -2.40. The first-order valence-electron chi connectivity index (χ1n) is 10.9. The van der Waals surface area contributed by atoms with Crippen LogP contribution in [0.3, 0.4) is 0 Å². The maximum Gasteiger partial charge on any atom is 0.329 e. The SMILES string of the molecule is CCn1c(=O)n(CC(=O)N2CCCN(S(=O)(=O)c3ccc(C)cc3)CC2)c2ccccc21. The Hall–Kier alpha value is -2.91. The third-order valence-electron chi connectivity index (χ3n) is 6.00.